The van der Waals surface area contributed by atoms with Gasteiger partial charge in [0.25, 0.3) is 0 Å². The molecule has 18 heteroatoms. The Bertz CT molecular complexity index is 2920. The van der Waals surface area contributed by atoms with Crippen LogP contribution in [0.1, 0.15) is 419 Å². The molecule has 0 fully saturated rings. The zero-order valence-corrected chi connectivity index (χ0v) is 79.9. The lowest BCUT2D eigenvalue weighted by molar-refractivity contribution is -0.161. The molecule has 0 heterocycles. The van der Waals surface area contributed by atoms with Crippen molar-refractivity contribution >= 4 is 33.6 Å². The van der Waals surface area contributed by atoms with E-state index in [0.717, 1.165) is 167 Å². The number of ether oxygens (including phenoxy) is 3. The van der Waals surface area contributed by atoms with Gasteiger partial charge in [0.05, 0.1) is 26.4 Å². The Morgan fingerprint density at radius 3 is 0.683 bits per heavy atom. The number of hydrogen-bond acceptors (Lipinski definition) is 14. The molecule has 706 valence electrons. The number of esters is 3. The summed E-state index contributed by atoms with van der Waals surface area (Å²) < 4.78 is 61.6. The summed E-state index contributed by atoms with van der Waals surface area (Å²) in [4.78, 5) is 59.1. The summed E-state index contributed by atoms with van der Waals surface area (Å²) in [5.41, 5.74) is 0. The van der Waals surface area contributed by atoms with Crippen molar-refractivity contribution in [2.75, 3.05) is 39.6 Å². The van der Waals surface area contributed by atoms with Crippen molar-refractivity contribution in [2.24, 2.45) is 0 Å². The lowest BCUT2D eigenvalue weighted by atomic mass is 10.0. The maximum absolute atomic E-state index is 13.1. The lowest BCUT2D eigenvalue weighted by Crippen LogP contribution is -2.30. The first-order valence-electron chi connectivity index (χ1n) is 49.4. The molecule has 123 heavy (non-hydrogen) atoms. The van der Waals surface area contributed by atoms with Gasteiger partial charge in [-0.25, -0.2) is 9.13 Å². The van der Waals surface area contributed by atoms with Gasteiger partial charge in [0.15, 0.2) is 6.10 Å². The number of carbonyl (C=O) groups is 3. The predicted octanol–water partition coefficient (Wildman–Crippen LogP) is 31.0. The van der Waals surface area contributed by atoms with Crippen LogP contribution in [-0.2, 0) is 55.8 Å². The van der Waals surface area contributed by atoms with Crippen LogP contribution in [-0.4, -0.2) is 95.9 Å². The smallest absolute Gasteiger partial charge is 0.463 e. The van der Waals surface area contributed by atoms with E-state index in [0.29, 0.717) is 19.3 Å². The second-order valence-corrected chi connectivity index (χ2v) is 35.7. The summed E-state index contributed by atoms with van der Waals surface area (Å²) in [6.07, 6.45) is 125. The van der Waals surface area contributed by atoms with E-state index in [2.05, 4.69) is 191 Å². The van der Waals surface area contributed by atoms with Crippen molar-refractivity contribution in [3.05, 3.63) is 170 Å². The van der Waals surface area contributed by atoms with Gasteiger partial charge >= 0.3 is 33.6 Å². The zero-order valence-electron chi connectivity index (χ0n) is 78.1. The highest BCUT2D eigenvalue weighted by Gasteiger charge is 2.30. The summed E-state index contributed by atoms with van der Waals surface area (Å²) in [5, 5.41) is 20.8. The van der Waals surface area contributed by atoms with Crippen LogP contribution < -0.4 is 0 Å². The third kappa shape index (κ3) is 97.4. The molecule has 0 aliphatic carbocycles. The van der Waals surface area contributed by atoms with E-state index in [1.54, 1.807) is 0 Å². The Balaban J connectivity index is 4.58. The molecule has 0 aromatic heterocycles. The molecule has 4 N–H and O–H groups in total. The number of aliphatic hydroxyl groups is 2. The van der Waals surface area contributed by atoms with Crippen LogP contribution >= 0.6 is 15.6 Å². The van der Waals surface area contributed by atoms with Gasteiger partial charge in [0.2, 0.25) is 0 Å². The number of hydrogen-bond donors (Lipinski definition) is 4. The van der Waals surface area contributed by atoms with Crippen molar-refractivity contribution in [1.82, 2.24) is 0 Å². The van der Waals surface area contributed by atoms with E-state index >= 15 is 0 Å². The Morgan fingerprint density at radius 2 is 0.431 bits per heavy atom. The van der Waals surface area contributed by atoms with Crippen LogP contribution in [0.15, 0.2) is 170 Å². The fourth-order valence-electron chi connectivity index (χ4n) is 13.5. The fourth-order valence-corrected chi connectivity index (χ4v) is 15.1. The highest BCUT2D eigenvalue weighted by Crippen LogP contribution is 2.45. The molecule has 0 rings (SSSR count). The lowest BCUT2D eigenvalue weighted by Gasteiger charge is -2.21. The summed E-state index contributed by atoms with van der Waals surface area (Å²) in [6, 6.07) is 0. The molecule has 0 aliphatic rings. The minimum atomic E-state index is -4.95. The average molecular weight is 1760 g/mol. The summed E-state index contributed by atoms with van der Waals surface area (Å²) in [6.45, 7) is 2.48. The Kier molecular flexibility index (Phi) is 92.0. The summed E-state index contributed by atoms with van der Waals surface area (Å²) in [5.74, 6) is -1.57. The number of carbonyl (C=O) groups excluding carboxylic acids is 3. The van der Waals surface area contributed by atoms with E-state index in [1.165, 1.54) is 193 Å². The maximum atomic E-state index is 13.1. The second-order valence-electron chi connectivity index (χ2n) is 32.8. The van der Waals surface area contributed by atoms with Gasteiger partial charge < -0.3 is 34.2 Å². The quantitative estimate of drug-likeness (QED) is 0.0146. The molecule has 0 amide bonds. The average Bonchev–Trinajstić information content (AvgIpc) is 0.898. The molecular formula is C105H180O16P2. The largest absolute Gasteiger partial charge is 0.472 e. The van der Waals surface area contributed by atoms with Crippen LogP contribution in [0.2, 0.25) is 0 Å². The number of aliphatic hydroxyl groups excluding tert-OH is 2. The number of phosphoric ester groups is 2. The highest BCUT2D eigenvalue weighted by molar-refractivity contribution is 7.47. The van der Waals surface area contributed by atoms with Gasteiger partial charge in [-0.15, -0.1) is 0 Å². The normalized spacial score (nSPS) is 14.4. The maximum Gasteiger partial charge on any atom is 0.472 e. The molecule has 5 atom stereocenters. The van der Waals surface area contributed by atoms with Crippen LogP contribution in [0.3, 0.4) is 0 Å². The van der Waals surface area contributed by atoms with Crippen molar-refractivity contribution < 1.29 is 75.8 Å². The standard InChI is InChI=1S/C105H180O16P2/c1-4-7-10-13-16-19-22-25-28-31-34-37-40-42-44-46-48-49-51-53-54-56-59-61-64-67-70-73-76-79-82-85-88-91-103(108)115-94-100(106)95-117-122(111,112)118-96-101(107)97-119-123(113,114)120-99-102(121-105(110)93-90-87-84-81-78-75-72-69-66-63-58-39-36-33-30-27-24-21-18-15-12-9-6-3)98-116-104(109)92-89-86-83-80-77-74-71-68-65-62-60-57-55-52-50-47-45-43-41-38-35-32-29-26-23-20-17-14-11-8-5-2/h7-8,10-11,16-21,25-30,34-39,42-45,63,66,100-102,106-107H,4-6,9,12-15,22-24,31-33,40-41,46-62,64-65,67-99H2,1-3H3,(H,111,112)(H,113,114)/b10-7-,11-8-,19-16-,20-17-,21-18-,28-25-,29-26-,30-27-,37-34-,38-35-,39-36-,44-42-,45-43-,66-63-. The first kappa shape index (κ1) is 118. The van der Waals surface area contributed by atoms with Crippen molar-refractivity contribution in [3.63, 3.8) is 0 Å². The molecule has 0 aromatic rings. The topological polar surface area (TPSA) is 231 Å². The third-order valence-electron chi connectivity index (χ3n) is 20.9. The number of phosphoric acid groups is 2. The van der Waals surface area contributed by atoms with Gasteiger partial charge in [-0.2, -0.15) is 0 Å². The molecule has 0 saturated carbocycles. The van der Waals surface area contributed by atoms with Gasteiger partial charge in [-0.1, -0.05) is 416 Å². The van der Waals surface area contributed by atoms with Crippen LogP contribution in [0.4, 0.5) is 0 Å². The van der Waals surface area contributed by atoms with Crippen molar-refractivity contribution in [1.29, 1.82) is 0 Å². The Labute approximate surface area is 752 Å². The zero-order chi connectivity index (χ0) is 89.3. The Hall–Kier alpha value is -5.09. The first-order chi connectivity index (χ1) is 60.2. The molecule has 0 spiro atoms. The van der Waals surface area contributed by atoms with Gasteiger partial charge in [0, 0.05) is 19.3 Å². The molecular weight excluding hydrogens is 1580 g/mol. The van der Waals surface area contributed by atoms with E-state index in [-0.39, 0.29) is 19.3 Å². The van der Waals surface area contributed by atoms with Crippen LogP contribution in [0.5, 0.6) is 0 Å². The molecule has 0 aliphatic heterocycles. The van der Waals surface area contributed by atoms with Gasteiger partial charge in [-0.05, 0) is 154 Å². The predicted molar refractivity (Wildman–Crippen MR) is 519 cm³/mol. The fraction of sp³-hybridized carbons (Fsp3) is 0.705. The second kappa shape index (κ2) is 96.0. The summed E-state index contributed by atoms with van der Waals surface area (Å²) in [7, 11) is -9.82. The summed E-state index contributed by atoms with van der Waals surface area (Å²) >= 11 is 0. The molecule has 16 nitrogen and oxygen atoms in total. The molecule has 0 radical (unpaired) electrons. The number of unbranched alkanes of at least 4 members (excludes halogenated alkanes) is 42. The molecule has 0 aromatic carbocycles. The van der Waals surface area contributed by atoms with Crippen LogP contribution in [0.25, 0.3) is 0 Å². The molecule has 5 unspecified atom stereocenters. The SMILES string of the molecule is CC/C=C\C/C=C\C/C=C\C/C=C\C/C=C\CCCCCCCCCCCCCCCCCCCC(=O)OCC(O)COP(=O)(O)OCC(O)COP(=O)(O)OCC(COC(=O)CCCCCCCCCCCCCCCCC/C=C\C/C=C\C/C=C\C/C=C\C/C=C\CC)OC(=O)CCCCCCCCC/C=C\C/C=C\C/C=C\C/C=C\CCCCC. The van der Waals surface area contributed by atoms with E-state index < -0.39 is 91.5 Å². The molecule has 0 saturated heterocycles. The Morgan fingerprint density at radius 1 is 0.236 bits per heavy atom. The highest BCUT2D eigenvalue weighted by atomic mass is 31.2. The number of rotatable bonds is 93. The van der Waals surface area contributed by atoms with E-state index in [4.69, 9.17) is 32.3 Å². The minimum Gasteiger partial charge on any atom is -0.463 e. The van der Waals surface area contributed by atoms with Gasteiger partial charge in [0.1, 0.15) is 25.4 Å². The number of allylic oxidation sites excluding steroid dienone is 28. The van der Waals surface area contributed by atoms with Crippen LogP contribution in [0, 0.1) is 0 Å². The van der Waals surface area contributed by atoms with E-state index in [9.17, 15) is 43.5 Å². The van der Waals surface area contributed by atoms with Crippen molar-refractivity contribution in [2.45, 2.75) is 437 Å². The molecule has 0 bridgehead atoms. The van der Waals surface area contributed by atoms with Gasteiger partial charge in [-0.3, -0.25) is 32.5 Å². The monoisotopic (exact) mass is 1760 g/mol. The minimum absolute atomic E-state index is 0.0897. The van der Waals surface area contributed by atoms with Crippen molar-refractivity contribution in [3.8, 4) is 0 Å². The first-order valence-corrected chi connectivity index (χ1v) is 52.4. The third-order valence-corrected chi connectivity index (χ3v) is 22.8. The van der Waals surface area contributed by atoms with E-state index in [1.807, 2.05) is 0 Å².